The van der Waals surface area contributed by atoms with Crippen LogP contribution < -0.4 is 0 Å². The number of ketones is 1. The van der Waals surface area contributed by atoms with Gasteiger partial charge in [-0.15, -0.1) is 0 Å². The summed E-state index contributed by atoms with van der Waals surface area (Å²) in [5.74, 6) is -0.397. The first-order valence-electron chi connectivity index (χ1n) is 6.64. The van der Waals surface area contributed by atoms with Crippen LogP contribution in [0.1, 0.15) is 37.4 Å². The lowest BCUT2D eigenvalue weighted by Crippen LogP contribution is -2.21. The molecule has 0 bridgehead atoms. The first-order chi connectivity index (χ1) is 9.44. The van der Waals surface area contributed by atoms with Crippen molar-refractivity contribution in [3.63, 3.8) is 0 Å². The van der Waals surface area contributed by atoms with E-state index in [9.17, 15) is 18.0 Å². The molecule has 0 amide bonds. The van der Waals surface area contributed by atoms with Crippen molar-refractivity contribution in [2.24, 2.45) is 0 Å². The second-order valence-corrected chi connectivity index (χ2v) is 5.05. The topological polar surface area (TPSA) is 44.1 Å². The zero-order valence-electron chi connectivity index (χ0n) is 11.0. The lowest BCUT2D eigenvalue weighted by molar-refractivity contribution is -0.175. The van der Waals surface area contributed by atoms with Crippen LogP contribution in [0.5, 0.6) is 0 Å². The van der Waals surface area contributed by atoms with Crippen molar-refractivity contribution in [2.75, 3.05) is 13.2 Å². The standard InChI is InChI=1S/C13H17F3N2O2/c14-13(15,16)9-20-8-12(19)7-10-5-6-18(17-10)11-3-1-2-4-11/h5-6,11H,1-4,7-9H2. The van der Waals surface area contributed by atoms with E-state index in [4.69, 9.17) is 0 Å². The smallest absolute Gasteiger partial charge is 0.364 e. The van der Waals surface area contributed by atoms with Crippen molar-refractivity contribution < 1.29 is 22.7 Å². The summed E-state index contributed by atoms with van der Waals surface area (Å²) in [5.41, 5.74) is 0.581. The number of nitrogens with zero attached hydrogens (tertiary/aromatic N) is 2. The highest BCUT2D eigenvalue weighted by Gasteiger charge is 2.27. The number of Topliss-reactive ketones (excluding diaryl/α,β-unsaturated/α-hetero) is 1. The molecule has 1 aliphatic carbocycles. The Hall–Kier alpha value is -1.37. The van der Waals surface area contributed by atoms with Crippen LogP contribution in [0.15, 0.2) is 12.3 Å². The zero-order valence-corrected chi connectivity index (χ0v) is 11.0. The number of carbonyl (C=O) groups is 1. The minimum atomic E-state index is -4.40. The Morgan fingerprint density at radius 3 is 2.75 bits per heavy atom. The quantitative estimate of drug-likeness (QED) is 0.809. The number of hydrogen-bond acceptors (Lipinski definition) is 3. The van der Waals surface area contributed by atoms with Gasteiger partial charge in [0, 0.05) is 6.20 Å². The summed E-state index contributed by atoms with van der Waals surface area (Å²) in [7, 11) is 0. The normalized spacial score (nSPS) is 16.8. The molecule has 0 radical (unpaired) electrons. The Morgan fingerprint density at radius 2 is 2.10 bits per heavy atom. The van der Waals surface area contributed by atoms with Crippen LogP contribution >= 0.6 is 0 Å². The molecule has 2 rings (SSSR count). The molecule has 4 nitrogen and oxygen atoms in total. The van der Waals surface area contributed by atoms with Crippen LogP contribution in [0.3, 0.4) is 0 Å². The maximum atomic E-state index is 11.9. The minimum Gasteiger partial charge on any atom is -0.364 e. The lowest BCUT2D eigenvalue weighted by Gasteiger charge is -2.09. The molecule has 0 aromatic carbocycles. The number of hydrogen-bond donors (Lipinski definition) is 0. The molecular formula is C13H17F3N2O2. The molecule has 112 valence electrons. The van der Waals surface area contributed by atoms with E-state index >= 15 is 0 Å². The fourth-order valence-corrected chi connectivity index (χ4v) is 2.38. The third kappa shape index (κ3) is 4.63. The summed E-state index contributed by atoms with van der Waals surface area (Å²) in [6.45, 7) is -1.93. The molecule has 7 heteroatoms. The molecule has 20 heavy (non-hydrogen) atoms. The van der Waals surface area contributed by atoms with Gasteiger partial charge in [-0.25, -0.2) is 0 Å². The predicted molar refractivity (Wildman–Crippen MR) is 65.3 cm³/mol. The van der Waals surface area contributed by atoms with Crippen LogP contribution in [0.2, 0.25) is 0 Å². The van der Waals surface area contributed by atoms with E-state index in [2.05, 4.69) is 9.84 Å². The van der Waals surface area contributed by atoms with Crippen molar-refractivity contribution in [3.05, 3.63) is 18.0 Å². The second-order valence-electron chi connectivity index (χ2n) is 5.05. The number of halogens is 3. The monoisotopic (exact) mass is 290 g/mol. The summed E-state index contributed by atoms with van der Waals surface area (Å²) in [4.78, 5) is 11.5. The minimum absolute atomic E-state index is 0.0115. The van der Waals surface area contributed by atoms with Crippen molar-refractivity contribution in [3.8, 4) is 0 Å². The molecule has 0 N–H and O–H groups in total. The van der Waals surface area contributed by atoms with Crippen molar-refractivity contribution in [1.82, 2.24) is 9.78 Å². The van der Waals surface area contributed by atoms with Crippen LogP contribution in [-0.2, 0) is 16.0 Å². The number of ether oxygens (including phenoxy) is 1. The third-order valence-corrected chi connectivity index (χ3v) is 3.27. The predicted octanol–water partition coefficient (Wildman–Crippen LogP) is 2.69. The summed E-state index contributed by atoms with van der Waals surface area (Å²) in [5, 5.41) is 4.31. The van der Waals surface area contributed by atoms with E-state index in [1.165, 1.54) is 12.8 Å². The molecular weight excluding hydrogens is 273 g/mol. The molecule has 1 saturated carbocycles. The van der Waals surface area contributed by atoms with Gasteiger partial charge in [-0.1, -0.05) is 12.8 Å². The fourth-order valence-electron chi connectivity index (χ4n) is 2.38. The number of alkyl halides is 3. The molecule has 1 aliphatic rings. The van der Waals surface area contributed by atoms with Gasteiger partial charge in [0.2, 0.25) is 0 Å². The van der Waals surface area contributed by atoms with Gasteiger partial charge in [0.25, 0.3) is 0 Å². The average Bonchev–Trinajstić information content (AvgIpc) is 2.96. The second kappa shape index (κ2) is 6.39. The van der Waals surface area contributed by atoms with E-state index in [1.807, 2.05) is 10.9 Å². The molecule has 0 saturated heterocycles. The Balaban J connectivity index is 1.76. The highest BCUT2D eigenvalue weighted by Crippen LogP contribution is 2.28. The maximum absolute atomic E-state index is 11.9. The highest BCUT2D eigenvalue weighted by molar-refractivity contribution is 5.81. The van der Waals surface area contributed by atoms with Gasteiger partial charge >= 0.3 is 6.18 Å². The van der Waals surface area contributed by atoms with Gasteiger partial charge in [0.15, 0.2) is 5.78 Å². The Bertz CT molecular complexity index is 451. The van der Waals surface area contributed by atoms with Gasteiger partial charge in [-0.2, -0.15) is 18.3 Å². The van der Waals surface area contributed by atoms with Crippen LogP contribution in [0.4, 0.5) is 13.2 Å². The lowest BCUT2D eigenvalue weighted by atomic mass is 10.2. The van der Waals surface area contributed by atoms with E-state index < -0.39 is 25.2 Å². The largest absolute Gasteiger partial charge is 0.411 e. The molecule has 1 aromatic rings. The molecule has 0 unspecified atom stereocenters. The van der Waals surface area contributed by atoms with Gasteiger partial charge < -0.3 is 4.74 Å². The SMILES string of the molecule is O=C(COCC(F)(F)F)Cc1ccn(C2CCCC2)n1. The van der Waals surface area contributed by atoms with E-state index in [-0.39, 0.29) is 6.42 Å². The maximum Gasteiger partial charge on any atom is 0.411 e. The van der Waals surface area contributed by atoms with Crippen LogP contribution in [-0.4, -0.2) is 35.0 Å². The van der Waals surface area contributed by atoms with Gasteiger partial charge in [-0.3, -0.25) is 9.48 Å². The molecule has 0 aliphatic heterocycles. The van der Waals surface area contributed by atoms with E-state index in [0.29, 0.717) is 11.7 Å². The molecule has 1 fully saturated rings. The first kappa shape index (κ1) is 15.0. The van der Waals surface area contributed by atoms with Crippen molar-refractivity contribution in [1.29, 1.82) is 0 Å². The summed E-state index contributed by atoms with van der Waals surface area (Å²) >= 11 is 0. The van der Waals surface area contributed by atoms with Gasteiger partial charge in [0.1, 0.15) is 13.2 Å². The molecule has 0 spiro atoms. The van der Waals surface area contributed by atoms with Crippen molar-refractivity contribution >= 4 is 5.78 Å². The highest BCUT2D eigenvalue weighted by atomic mass is 19.4. The molecule has 1 heterocycles. The molecule has 0 atom stereocenters. The van der Waals surface area contributed by atoms with E-state index in [0.717, 1.165) is 12.8 Å². The Kier molecular flexibility index (Phi) is 4.80. The van der Waals surface area contributed by atoms with E-state index in [1.54, 1.807) is 6.07 Å². The van der Waals surface area contributed by atoms with Crippen LogP contribution in [0, 0.1) is 0 Å². The summed E-state index contributed by atoms with van der Waals surface area (Å²) < 4.78 is 41.8. The number of carbonyl (C=O) groups excluding carboxylic acids is 1. The first-order valence-corrected chi connectivity index (χ1v) is 6.64. The average molecular weight is 290 g/mol. The van der Waals surface area contributed by atoms with Gasteiger partial charge in [0.05, 0.1) is 18.2 Å². The number of rotatable bonds is 6. The number of aromatic nitrogens is 2. The van der Waals surface area contributed by atoms with Gasteiger partial charge in [-0.05, 0) is 18.9 Å². The Morgan fingerprint density at radius 1 is 1.40 bits per heavy atom. The fraction of sp³-hybridized carbons (Fsp3) is 0.692. The zero-order chi connectivity index (χ0) is 14.6. The summed E-state index contributed by atoms with van der Waals surface area (Å²) in [6.07, 6.45) is 1.98. The third-order valence-electron chi connectivity index (χ3n) is 3.27. The van der Waals surface area contributed by atoms with Crippen LogP contribution in [0.25, 0.3) is 0 Å². The Labute approximate surface area is 114 Å². The van der Waals surface area contributed by atoms with Crippen molar-refractivity contribution in [2.45, 2.75) is 44.3 Å². The summed E-state index contributed by atoms with van der Waals surface area (Å²) in [6, 6.07) is 2.13. The molecule has 1 aromatic heterocycles.